The highest BCUT2D eigenvalue weighted by Crippen LogP contribution is 2.19. The summed E-state index contributed by atoms with van der Waals surface area (Å²) in [4.78, 5) is 12.0. The van der Waals surface area contributed by atoms with E-state index in [2.05, 4.69) is 0 Å². The van der Waals surface area contributed by atoms with Gasteiger partial charge in [-0.15, -0.1) is 0 Å². The van der Waals surface area contributed by atoms with Crippen LogP contribution in [0.25, 0.3) is 0 Å². The molecule has 0 fully saturated rings. The summed E-state index contributed by atoms with van der Waals surface area (Å²) in [6.45, 7) is 2.47. The summed E-state index contributed by atoms with van der Waals surface area (Å²) >= 11 is 5.85. The predicted octanol–water partition coefficient (Wildman–Crippen LogP) is 4.00. The number of hydrogen-bond donors (Lipinski definition) is 0. The van der Waals surface area contributed by atoms with Crippen molar-refractivity contribution in [3.63, 3.8) is 0 Å². The average Bonchev–Trinajstić information content (AvgIpc) is 2.45. The quantitative estimate of drug-likeness (QED) is 0.754. The molecule has 0 heterocycles. The number of halogens is 1. The van der Waals surface area contributed by atoms with Crippen molar-refractivity contribution < 1.29 is 14.3 Å². The maximum atomic E-state index is 12.0. The highest BCUT2D eigenvalue weighted by Gasteiger charge is 2.07. The van der Waals surface area contributed by atoms with Crippen LogP contribution in [0.2, 0.25) is 5.02 Å². The van der Waals surface area contributed by atoms with Gasteiger partial charge < -0.3 is 9.47 Å². The van der Waals surface area contributed by atoms with Crippen LogP contribution in [0.4, 0.5) is 0 Å². The lowest BCUT2D eigenvalue weighted by atomic mass is 10.1. The maximum absolute atomic E-state index is 12.0. The third-order valence-corrected chi connectivity index (χ3v) is 2.87. The van der Waals surface area contributed by atoms with Gasteiger partial charge in [0, 0.05) is 16.7 Å². The lowest BCUT2D eigenvalue weighted by Gasteiger charge is -2.08. The van der Waals surface area contributed by atoms with E-state index in [-0.39, 0.29) is 12.4 Å². The molecule has 0 atom stereocenters. The van der Waals surface area contributed by atoms with Crippen molar-refractivity contribution in [2.75, 3.05) is 13.2 Å². The molecule has 4 heteroatoms. The summed E-state index contributed by atoms with van der Waals surface area (Å²) < 4.78 is 10.8. The first-order chi connectivity index (χ1) is 9.69. The second kappa shape index (κ2) is 6.96. The van der Waals surface area contributed by atoms with E-state index < -0.39 is 0 Å². The van der Waals surface area contributed by atoms with Gasteiger partial charge in [-0.3, -0.25) is 4.79 Å². The van der Waals surface area contributed by atoms with Gasteiger partial charge >= 0.3 is 0 Å². The molecule has 0 N–H and O–H groups in total. The topological polar surface area (TPSA) is 35.5 Å². The molecule has 2 aromatic carbocycles. The Hall–Kier alpha value is -2.00. The summed E-state index contributed by atoms with van der Waals surface area (Å²) in [6.07, 6.45) is 0. The van der Waals surface area contributed by atoms with E-state index in [1.807, 2.05) is 19.1 Å². The van der Waals surface area contributed by atoms with Gasteiger partial charge in [0.2, 0.25) is 0 Å². The molecule has 0 bridgehead atoms. The van der Waals surface area contributed by atoms with Crippen molar-refractivity contribution in [2.45, 2.75) is 6.92 Å². The van der Waals surface area contributed by atoms with Crippen LogP contribution >= 0.6 is 11.6 Å². The number of benzene rings is 2. The first-order valence-corrected chi connectivity index (χ1v) is 6.71. The molecule has 0 aromatic heterocycles. The molecule has 0 unspecified atom stereocenters. The van der Waals surface area contributed by atoms with Gasteiger partial charge in [0.25, 0.3) is 0 Å². The van der Waals surface area contributed by atoms with Crippen molar-refractivity contribution in [1.82, 2.24) is 0 Å². The van der Waals surface area contributed by atoms with Crippen LogP contribution in [-0.4, -0.2) is 19.0 Å². The van der Waals surface area contributed by atoms with E-state index in [0.29, 0.717) is 22.9 Å². The summed E-state index contributed by atoms with van der Waals surface area (Å²) in [5.41, 5.74) is 0.540. The fourth-order valence-corrected chi connectivity index (χ4v) is 1.90. The van der Waals surface area contributed by atoms with Gasteiger partial charge in [0.15, 0.2) is 12.4 Å². The molecule has 3 nitrogen and oxygen atoms in total. The standard InChI is InChI=1S/C16H15ClO3/c1-2-19-14-7-4-8-15(10-14)20-11-16(18)12-5-3-6-13(17)9-12/h3-10H,2,11H2,1H3. The molecular weight excluding hydrogens is 276 g/mol. The summed E-state index contributed by atoms with van der Waals surface area (Å²) in [5, 5.41) is 0.536. The monoisotopic (exact) mass is 290 g/mol. The van der Waals surface area contributed by atoms with E-state index in [1.165, 1.54) is 0 Å². The number of hydrogen-bond acceptors (Lipinski definition) is 3. The summed E-state index contributed by atoms with van der Waals surface area (Å²) in [7, 11) is 0. The zero-order valence-electron chi connectivity index (χ0n) is 11.1. The molecule has 0 saturated heterocycles. The van der Waals surface area contributed by atoms with Gasteiger partial charge in [0.05, 0.1) is 6.61 Å². The van der Waals surface area contributed by atoms with Crippen molar-refractivity contribution in [2.24, 2.45) is 0 Å². The Morgan fingerprint density at radius 2 is 1.75 bits per heavy atom. The Morgan fingerprint density at radius 3 is 2.45 bits per heavy atom. The van der Waals surface area contributed by atoms with Crippen molar-refractivity contribution >= 4 is 17.4 Å². The van der Waals surface area contributed by atoms with E-state index in [1.54, 1.807) is 36.4 Å². The number of carbonyl (C=O) groups excluding carboxylic acids is 1. The Labute approximate surface area is 123 Å². The van der Waals surface area contributed by atoms with Crippen LogP contribution in [0.15, 0.2) is 48.5 Å². The summed E-state index contributed by atoms with van der Waals surface area (Å²) in [6, 6.07) is 14.0. The van der Waals surface area contributed by atoms with E-state index in [9.17, 15) is 4.79 Å². The number of ketones is 1. The molecule has 0 spiro atoms. The molecule has 0 radical (unpaired) electrons. The molecule has 104 valence electrons. The molecule has 2 rings (SSSR count). The fourth-order valence-electron chi connectivity index (χ4n) is 1.71. The normalized spacial score (nSPS) is 10.1. The minimum Gasteiger partial charge on any atom is -0.494 e. The van der Waals surface area contributed by atoms with E-state index in [0.717, 1.165) is 5.75 Å². The average molecular weight is 291 g/mol. The fraction of sp³-hybridized carbons (Fsp3) is 0.188. The second-order valence-electron chi connectivity index (χ2n) is 4.13. The third-order valence-electron chi connectivity index (χ3n) is 2.63. The lowest BCUT2D eigenvalue weighted by Crippen LogP contribution is -2.11. The number of Topliss-reactive ketones (excluding diaryl/α,β-unsaturated/α-hetero) is 1. The molecule has 0 aliphatic carbocycles. The van der Waals surface area contributed by atoms with Gasteiger partial charge in [-0.2, -0.15) is 0 Å². The first-order valence-electron chi connectivity index (χ1n) is 6.33. The largest absolute Gasteiger partial charge is 0.494 e. The van der Waals surface area contributed by atoms with Crippen molar-refractivity contribution in [3.05, 3.63) is 59.1 Å². The zero-order valence-corrected chi connectivity index (χ0v) is 11.9. The molecule has 0 saturated carbocycles. The molecule has 0 aliphatic heterocycles. The van der Waals surface area contributed by atoms with Crippen molar-refractivity contribution in [3.8, 4) is 11.5 Å². The number of rotatable bonds is 6. The van der Waals surface area contributed by atoms with Gasteiger partial charge in [-0.05, 0) is 31.2 Å². The van der Waals surface area contributed by atoms with Gasteiger partial charge in [0.1, 0.15) is 11.5 Å². The SMILES string of the molecule is CCOc1cccc(OCC(=O)c2cccc(Cl)c2)c1. The van der Waals surface area contributed by atoms with E-state index in [4.69, 9.17) is 21.1 Å². The highest BCUT2D eigenvalue weighted by atomic mass is 35.5. The Balaban J connectivity index is 1.98. The molecule has 20 heavy (non-hydrogen) atoms. The van der Waals surface area contributed by atoms with Gasteiger partial charge in [-0.25, -0.2) is 0 Å². The Kier molecular flexibility index (Phi) is 5.02. The predicted molar refractivity (Wildman–Crippen MR) is 78.9 cm³/mol. The summed E-state index contributed by atoms with van der Waals surface area (Å²) in [5.74, 6) is 1.21. The van der Waals surface area contributed by atoms with E-state index >= 15 is 0 Å². The van der Waals surface area contributed by atoms with Crippen LogP contribution in [0.5, 0.6) is 11.5 Å². The van der Waals surface area contributed by atoms with Crippen LogP contribution in [-0.2, 0) is 0 Å². The Morgan fingerprint density at radius 1 is 1.05 bits per heavy atom. The Bertz CT molecular complexity index is 596. The minimum absolute atomic E-state index is 0.0318. The first kappa shape index (κ1) is 14.4. The highest BCUT2D eigenvalue weighted by molar-refractivity contribution is 6.31. The number of carbonyl (C=O) groups is 1. The van der Waals surface area contributed by atoms with Crippen LogP contribution in [0.1, 0.15) is 17.3 Å². The van der Waals surface area contributed by atoms with Crippen molar-refractivity contribution in [1.29, 1.82) is 0 Å². The smallest absolute Gasteiger partial charge is 0.200 e. The van der Waals surface area contributed by atoms with Crippen LogP contribution < -0.4 is 9.47 Å². The molecule has 0 amide bonds. The lowest BCUT2D eigenvalue weighted by molar-refractivity contribution is 0.0921. The minimum atomic E-state index is -0.116. The number of ether oxygens (including phenoxy) is 2. The second-order valence-corrected chi connectivity index (χ2v) is 4.57. The molecule has 0 aliphatic rings. The van der Waals surface area contributed by atoms with Crippen LogP contribution in [0.3, 0.4) is 0 Å². The molecular formula is C16H15ClO3. The third kappa shape index (κ3) is 4.00. The van der Waals surface area contributed by atoms with Gasteiger partial charge in [-0.1, -0.05) is 29.8 Å². The van der Waals surface area contributed by atoms with Crippen LogP contribution in [0, 0.1) is 0 Å². The molecule has 2 aromatic rings. The maximum Gasteiger partial charge on any atom is 0.200 e. The zero-order chi connectivity index (χ0) is 14.4.